The smallest absolute Gasteiger partial charge is 0.264 e. The van der Waals surface area contributed by atoms with Crippen LogP contribution in [0.4, 0.5) is 5.69 Å². The molecule has 5 nitrogen and oxygen atoms in total. The number of sulfonamides is 1. The van der Waals surface area contributed by atoms with E-state index in [-0.39, 0.29) is 23.1 Å². The summed E-state index contributed by atoms with van der Waals surface area (Å²) in [5.74, 6) is 0.0902. The van der Waals surface area contributed by atoms with E-state index in [1.165, 1.54) is 15.6 Å². The highest BCUT2D eigenvalue weighted by molar-refractivity contribution is 7.92. The van der Waals surface area contributed by atoms with Crippen LogP contribution in [-0.4, -0.2) is 25.1 Å². The van der Waals surface area contributed by atoms with Crippen LogP contribution in [0.3, 0.4) is 0 Å². The maximum Gasteiger partial charge on any atom is 0.264 e. The number of phenols is 1. The highest BCUT2D eigenvalue weighted by Crippen LogP contribution is 2.35. The average Bonchev–Trinajstić information content (AvgIpc) is 3.03. The maximum atomic E-state index is 13.3. The zero-order valence-corrected chi connectivity index (χ0v) is 15.9. The average molecular weight is 377 g/mol. The molecule has 1 aromatic heterocycles. The Morgan fingerprint density at radius 3 is 2.72 bits per heavy atom. The Morgan fingerprint density at radius 1 is 1.24 bits per heavy atom. The van der Waals surface area contributed by atoms with E-state index in [2.05, 4.69) is 4.98 Å². The summed E-state index contributed by atoms with van der Waals surface area (Å²) in [6, 6.07) is 10.1. The van der Waals surface area contributed by atoms with Gasteiger partial charge in [-0.05, 0) is 42.7 Å². The van der Waals surface area contributed by atoms with E-state index in [4.69, 9.17) is 0 Å². The Labute approximate surface area is 151 Å². The molecule has 7 heteroatoms. The Kier molecular flexibility index (Phi) is 4.71. The van der Waals surface area contributed by atoms with E-state index in [1.54, 1.807) is 48.8 Å². The van der Waals surface area contributed by atoms with Gasteiger partial charge in [0.15, 0.2) is 0 Å². The Hall–Kier alpha value is -2.12. The molecule has 0 aliphatic carbocycles. The van der Waals surface area contributed by atoms with E-state index in [0.717, 1.165) is 10.2 Å². The second-order valence-corrected chi connectivity index (χ2v) is 9.10. The van der Waals surface area contributed by atoms with Gasteiger partial charge in [0.1, 0.15) is 5.75 Å². The van der Waals surface area contributed by atoms with Crippen molar-refractivity contribution in [3.63, 3.8) is 0 Å². The van der Waals surface area contributed by atoms with Crippen LogP contribution in [0, 0.1) is 12.8 Å². The lowest BCUT2D eigenvalue weighted by atomic mass is 10.1. The summed E-state index contributed by atoms with van der Waals surface area (Å²) in [5, 5.41) is 10.4. The van der Waals surface area contributed by atoms with E-state index in [1.807, 2.05) is 13.8 Å². The van der Waals surface area contributed by atoms with Crippen molar-refractivity contribution in [2.75, 3.05) is 10.8 Å². The van der Waals surface area contributed by atoms with Crippen molar-refractivity contribution in [3.8, 4) is 5.75 Å². The molecule has 0 unspecified atom stereocenters. The van der Waals surface area contributed by atoms with Gasteiger partial charge in [0.25, 0.3) is 10.0 Å². The largest absolute Gasteiger partial charge is 0.505 e. The molecule has 0 atom stereocenters. The second kappa shape index (κ2) is 6.65. The second-order valence-electron chi connectivity index (χ2n) is 6.35. The van der Waals surface area contributed by atoms with Crippen molar-refractivity contribution in [1.29, 1.82) is 0 Å². The first-order valence-corrected chi connectivity index (χ1v) is 10.3. The molecular weight excluding hydrogens is 356 g/mol. The van der Waals surface area contributed by atoms with E-state index in [9.17, 15) is 13.5 Å². The summed E-state index contributed by atoms with van der Waals surface area (Å²) in [4.78, 5) is 4.39. The third kappa shape index (κ3) is 3.34. The van der Waals surface area contributed by atoms with E-state index in [0.29, 0.717) is 11.3 Å². The van der Waals surface area contributed by atoms with Gasteiger partial charge in [-0.3, -0.25) is 4.31 Å². The number of hydrogen-bond donors (Lipinski definition) is 1. The third-order valence-corrected chi connectivity index (χ3v) is 6.47. The van der Waals surface area contributed by atoms with Crippen LogP contribution < -0.4 is 4.31 Å². The van der Waals surface area contributed by atoms with Gasteiger partial charge in [0.2, 0.25) is 0 Å². The standard InChI is InChI=1S/C18H20N2O3S2/c1-12(2)10-20(16-6-4-5-13(3)18(16)21)25(22,23)14-7-8-15-17(9-14)24-11-19-15/h4-9,11-12,21H,10H2,1-3H3. The van der Waals surface area contributed by atoms with Gasteiger partial charge in [0.05, 0.1) is 26.3 Å². The summed E-state index contributed by atoms with van der Waals surface area (Å²) in [5.41, 5.74) is 3.41. The third-order valence-electron chi connectivity index (χ3n) is 3.91. The molecule has 0 saturated carbocycles. The van der Waals surface area contributed by atoms with Crippen molar-refractivity contribution in [2.45, 2.75) is 25.7 Å². The lowest BCUT2D eigenvalue weighted by molar-refractivity contribution is 0.470. The minimum Gasteiger partial charge on any atom is -0.505 e. The molecule has 0 spiro atoms. The van der Waals surface area contributed by atoms with Crippen LogP contribution in [0.2, 0.25) is 0 Å². The van der Waals surface area contributed by atoms with Crippen molar-refractivity contribution in [2.24, 2.45) is 5.92 Å². The highest BCUT2D eigenvalue weighted by Gasteiger charge is 2.28. The van der Waals surface area contributed by atoms with Crippen molar-refractivity contribution in [3.05, 3.63) is 47.5 Å². The predicted molar refractivity (Wildman–Crippen MR) is 102 cm³/mol. The van der Waals surface area contributed by atoms with Crippen LogP contribution in [-0.2, 0) is 10.0 Å². The minimum absolute atomic E-state index is 0.00871. The van der Waals surface area contributed by atoms with E-state index < -0.39 is 10.0 Å². The molecule has 0 aliphatic rings. The first-order chi connectivity index (χ1) is 11.8. The molecule has 1 N–H and O–H groups in total. The van der Waals surface area contributed by atoms with Crippen molar-refractivity contribution in [1.82, 2.24) is 4.98 Å². The normalized spacial score (nSPS) is 12.0. The first kappa shape index (κ1) is 17.7. The number of aromatic hydroxyl groups is 1. The van der Waals surface area contributed by atoms with Crippen molar-refractivity contribution >= 4 is 37.3 Å². The summed E-state index contributed by atoms with van der Waals surface area (Å²) in [6.07, 6.45) is 0. The number of phenolic OH excluding ortho intramolecular Hbond substituents is 1. The minimum atomic E-state index is -3.81. The Morgan fingerprint density at radius 2 is 2.00 bits per heavy atom. The molecule has 0 bridgehead atoms. The van der Waals surface area contributed by atoms with Crippen LogP contribution >= 0.6 is 11.3 Å². The molecule has 1 heterocycles. The number of rotatable bonds is 5. The summed E-state index contributed by atoms with van der Waals surface area (Å²) in [7, 11) is -3.81. The Bertz CT molecular complexity index is 1010. The summed E-state index contributed by atoms with van der Waals surface area (Å²) < 4.78 is 28.7. The Balaban J connectivity index is 2.15. The maximum absolute atomic E-state index is 13.3. The molecule has 0 amide bonds. The van der Waals surface area contributed by atoms with Crippen LogP contribution in [0.25, 0.3) is 10.2 Å². The van der Waals surface area contributed by atoms with Gasteiger partial charge in [-0.25, -0.2) is 13.4 Å². The number of thiazole rings is 1. The number of aromatic nitrogens is 1. The lowest BCUT2D eigenvalue weighted by Gasteiger charge is -2.27. The predicted octanol–water partition coefficient (Wildman–Crippen LogP) is 4.16. The number of fused-ring (bicyclic) bond motifs is 1. The summed E-state index contributed by atoms with van der Waals surface area (Å²) >= 11 is 1.40. The number of hydrogen-bond acceptors (Lipinski definition) is 5. The van der Waals surface area contributed by atoms with Gasteiger partial charge >= 0.3 is 0 Å². The number of anilines is 1. The lowest BCUT2D eigenvalue weighted by Crippen LogP contribution is -2.34. The SMILES string of the molecule is Cc1cccc(N(CC(C)C)S(=O)(=O)c2ccc3ncsc3c2)c1O. The number of nitrogens with zero attached hydrogens (tertiary/aromatic N) is 2. The van der Waals surface area contributed by atoms with Gasteiger partial charge in [-0.1, -0.05) is 26.0 Å². The van der Waals surface area contributed by atoms with Gasteiger partial charge in [0, 0.05) is 6.54 Å². The fourth-order valence-electron chi connectivity index (χ4n) is 2.63. The molecule has 0 saturated heterocycles. The van der Waals surface area contributed by atoms with Crippen LogP contribution in [0.1, 0.15) is 19.4 Å². The molecule has 0 aliphatic heterocycles. The molecule has 2 aromatic carbocycles. The fraction of sp³-hybridized carbons (Fsp3) is 0.278. The van der Waals surface area contributed by atoms with Crippen LogP contribution in [0.5, 0.6) is 5.75 Å². The molecule has 0 fully saturated rings. The monoisotopic (exact) mass is 376 g/mol. The van der Waals surface area contributed by atoms with Gasteiger partial charge in [-0.15, -0.1) is 11.3 Å². The molecular formula is C18H20N2O3S2. The van der Waals surface area contributed by atoms with Gasteiger partial charge < -0.3 is 5.11 Å². The molecule has 3 rings (SSSR count). The van der Waals surface area contributed by atoms with Crippen LogP contribution in [0.15, 0.2) is 46.8 Å². The van der Waals surface area contributed by atoms with E-state index >= 15 is 0 Å². The quantitative estimate of drug-likeness (QED) is 0.726. The molecule has 132 valence electrons. The zero-order chi connectivity index (χ0) is 18.2. The summed E-state index contributed by atoms with van der Waals surface area (Å²) in [6.45, 7) is 5.92. The number of aryl methyl sites for hydroxylation is 1. The number of para-hydroxylation sites is 1. The molecule has 3 aromatic rings. The number of benzene rings is 2. The first-order valence-electron chi connectivity index (χ1n) is 7.95. The fourth-order valence-corrected chi connectivity index (χ4v) is 5.08. The van der Waals surface area contributed by atoms with Crippen molar-refractivity contribution < 1.29 is 13.5 Å². The zero-order valence-electron chi connectivity index (χ0n) is 14.3. The molecule has 25 heavy (non-hydrogen) atoms. The topological polar surface area (TPSA) is 70.5 Å². The molecule has 0 radical (unpaired) electrons. The highest BCUT2D eigenvalue weighted by atomic mass is 32.2. The van der Waals surface area contributed by atoms with Gasteiger partial charge in [-0.2, -0.15) is 0 Å².